The van der Waals surface area contributed by atoms with Crippen LogP contribution < -0.4 is 10.5 Å². The molecule has 0 radical (unpaired) electrons. The summed E-state index contributed by atoms with van der Waals surface area (Å²) in [6.07, 6.45) is 1.48. The second-order valence-electron chi connectivity index (χ2n) is 11.2. The molecule has 4 N–H and O–H groups in total. The number of nitrogens with zero attached hydrogens (tertiary/aromatic N) is 4. The smallest absolute Gasteiger partial charge is 0.240 e. The third kappa shape index (κ3) is 5.36. The van der Waals surface area contributed by atoms with E-state index in [1.54, 1.807) is 0 Å². The zero-order chi connectivity index (χ0) is 25.9. The summed E-state index contributed by atoms with van der Waals surface area (Å²) in [4.78, 5) is 8.40. The minimum Gasteiger partial charge on any atom is -0.389 e. The Kier molecular flexibility index (Phi) is 6.56. The molecule has 0 unspecified atom stereocenters. The largest absolute Gasteiger partial charge is 0.389 e. The summed E-state index contributed by atoms with van der Waals surface area (Å²) in [5.41, 5.74) is 6.17. The van der Waals surface area contributed by atoms with Crippen molar-refractivity contribution in [2.75, 3.05) is 12.3 Å². The molecule has 0 aliphatic rings. The Morgan fingerprint density at radius 1 is 1.15 bits per heavy atom. The number of fused-ring (bicyclic) bond motifs is 1. The van der Waals surface area contributed by atoms with Crippen molar-refractivity contribution in [3.63, 3.8) is 0 Å². The van der Waals surface area contributed by atoms with E-state index in [0.717, 1.165) is 6.07 Å². The van der Waals surface area contributed by atoms with Crippen LogP contribution in [0.5, 0.6) is 0 Å². The lowest BCUT2D eigenvalue weighted by molar-refractivity contribution is 0.0857. The minimum atomic E-state index is -4.12. The Hall–Kier alpha value is -2.24. The summed E-state index contributed by atoms with van der Waals surface area (Å²) in [6.45, 7) is 2.71. The van der Waals surface area contributed by atoms with Gasteiger partial charge in [-0.1, -0.05) is 10.2 Å². The number of nitrogens with two attached hydrogens (primary N) is 1. The zero-order valence-corrected chi connectivity index (χ0v) is 21.7. The summed E-state index contributed by atoms with van der Waals surface area (Å²) < 4.78 is 45.3. The second-order valence-corrected chi connectivity index (χ2v) is 12.9. The predicted molar refractivity (Wildman–Crippen MR) is 147 cm³/mol. The summed E-state index contributed by atoms with van der Waals surface area (Å²) in [7, 11) is 7.20. The zero-order valence-electron chi connectivity index (χ0n) is 20.9. The molecule has 0 aliphatic carbocycles. The second kappa shape index (κ2) is 8.46. The molecule has 1 aromatic carbocycles. The van der Waals surface area contributed by atoms with Crippen molar-refractivity contribution in [3.8, 4) is 11.3 Å². The van der Waals surface area contributed by atoms with Crippen LogP contribution in [-0.4, -0.2) is 92.3 Å². The van der Waals surface area contributed by atoms with Crippen LogP contribution in [0.2, 0.25) is 0 Å². The molecule has 0 bridgehead atoms. The van der Waals surface area contributed by atoms with Gasteiger partial charge in [-0.3, -0.25) is 0 Å². The first-order chi connectivity index (χ1) is 15.3. The van der Waals surface area contributed by atoms with Crippen LogP contribution in [0, 0.1) is 5.82 Å². The third-order valence-corrected chi connectivity index (χ3v) is 6.53. The summed E-state index contributed by atoms with van der Waals surface area (Å²) >= 11 is 0. The lowest BCUT2D eigenvalue weighted by atomic mass is 9.39. The Labute approximate surface area is 204 Å². The van der Waals surface area contributed by atoms with Crippen molar-refractivity contribution in [2.24, 2.45) is 0 Å². The van der Waals surface area contributed by atoms with Gasteiger partial charge >= 0.3 is 0 Å². The maximum Gasteiger partial charge on any atom is 0.240 e. The van der Waals surface area contributed by atoms with Gasteiger partial charge in [0.25, 0.3) is 0 Å². The highest BCUT2D eigenvalue weighted by molar-refractivity contribution is 7.89. The molecule has 2 aromatic heterocycles. The molecule has 3 aromatic rings. The van der Waals surface area contributed by atoms with Crippen LogP contribution >= 0.6 is 0 Å². The Morgan fingerprint density at radius 3 is 2.29 bits per heavy atom. The van der Waals surface area contributed by atoms with Gasteiger partial charge in [0.1, 0.15) is 11.6 Å². The lowest BCUT2D eigenvalue weighted by Gasteiger charge is -2.25. The number of rotatable bonds is 7. The Balaban J connectivity index is 2.33. The lowest BCUT2D eigenvalue weighted by Crippen LogP contribution is -2.38. The number of sulfonamides is 1. The molecular weight excluding hydrogens is 452 g/mol. The van der Waals surface area contributed by atoms with E-state index in [1.165, 1.54) is 30.6 Å². The Morgan fingerprint density at radius 2 is 1.76 bits per heavy atom. The van der Waals surface area contributed by atoms with E-state index in [9.17, 15) is 13.5 Å². The third-order valence-electron chi connectivity index (χ3n) is 5.15. The maximum absolute atomic E-state index is 15.5. The number of aromatic nitrogens is 4. The molecule has 0 saturated carbocycles. The fourth-order valence-corrected chi connectivity index (χ4v) is 4.70. The average Bonchev–Trinajstić information content (AvgIpc) is 3.08. The van der Waals surface area contributed by atoms with Gasteiger partial charge in [-0.2, -0.15) is 5.10 Å². The first-order valence-electron chi connectivity index (χ1n) is 10.9. The van der Waals surface area contributed by atoms with E-state index in [0.29, 0.717) is 22.6 Å². The first kappa shape index (κ1) is 26.4. The van der Waals surface area contributed by atoms with E-state index in [-0.39, 0.29) is 22.9 Å². The van der Waals surface area contributed by atoms with Gasteiger partial charge in [-0.15, -0.1) is 0 Å². The highest BCUT2D eigenvalue weighted by atomic mass is 32.2. The number of anilines is 1. The van der Waals surface area contributed by atoms with E-state index < -0.39 is 31.7 Å². The number of imidazole rings is 1. The number of halogens is 1. The summed E-state index contributed by atoms with van der Waals surface area (Å²) in [5, 5.41) is 13.4. The van der Waals surface area contributed by atoms with E-state index >= 15 is 4.39 Å². The molecule has 0 fully saturated rings. The topological polar surface area (TPSA) is 136 Å². The number of benzene rings is 1. The normalized spacial score (nSPS) is 13.4. The summed E-state index contributed by atoms with van der Waals surface area (Å²) in [5.74, 6) is -0.0496. The number of hydrogen-bond acceptors (Lipinski definition) is 7. The number of nitrogen functional groups attached to an aromatic ring is 1. The molecule has 0 amide bonds. The molecular formula is C17H27B6FN6O3S. The van der Waals surface area contributed by atoms with E-state index in [1.807, 2.05) is 47.1 Å². The van der Waals surface area contributed by atoms with Crippen molar-refractivity contribution >= 4 is 68.6 Å². The minimum absolute atomic E-state index is 0.166. The fraction of sp³-hybridized carbons (Fsp3) is 0.353. The van der Waals surface area contributed by atoms with Gasteiger partial charge in [0.05, 0.1) is 69.5 Å². The molecule has 3 rings (SSSR count). The van der Waals surface area contributed by atoms with Crippen molar-refractivity contribution in [3.05, 3.63) is 35.5 Å². The van der Waals surface area contributed by atoms with Gasteiger partial charge in [0, 0.05) is 12.1 Å². The predicted octanol–water partition coefficient (Wildman–Crippen LogP) is -5.42. The van der Waals surface area contributed by atoms with Gasteiger partial charge in [0.2, 0.25) is 10.0 Å². The molecule has 17 heteroatoms. The molecule has 174 valence electrons. The van der Waals surface area contributed by atoms with Gasteiger partial charge in [-0.05, 0) is 31.5 Å². The summed E-state index contributed by atoms with van der Waals surface area (Å²) in [6, 6.07) is 2.39. The van der Waals surface area contributed by atoms with Crippen molar-refractivity contribution < 1.29 is 17.9 Å². The van der Waals surface area contributed by atoms with E-state index in [4.69, 9.17) is 5.73 Å². The molecule has 0 saturated heterocycles. The van der Waals surface area contributed by atoms with Crippen molar-refractivity contribution in [1.82, 2.24) is 24.3 Å². The molecule has 9 nitrogen and oxygen atoms in total. The first-order valence-corrected chi connectivity index (χ1v) is 12.4. The van der Waals surface area contributed by atoms with Crippen molar-refractivity contribution in [1.29, 1.82) is 0 Å². The molecule has 0 atom stereocenters. The van der Waals surface area contributed by atoms with Crippen LogP contribution in [-0.2, 0) is 20.2 Å². The molecule has 2 heterocycles. The van der Waals surface area contributed by atoms with Gasteiger partial charge in [-0.25, -0.2) is 32.0 Å². The molecule has 0 spiro atoms. The Bertz CT molecular complexity index is 1370. The van der Waals surface area contributed by atoms with Gasteiger partial charge in [0.15, 0.2) is 11.5 Å². The van der Waals surface area contributed by atoms with Crippen LogP contribution in [0.25, 0.3) is 16.9 Å². The average molecular weight is 479 g/mol. The number of nitrogens with one attached hydrogen (secondary N) is 1. The van der Waals surface area contributed by atoms with E-state index in [2.05, 4.69) is 19.8 Å². The quantitative estimate of drug-likeness (QED) is 0.288. The molecule has 34 heavy (non-hydrogen) atoms. The maximum atomic E-state index is 15.5. The van der Waals surface area contributed by atoms with Crippen LogP contribution in [0.3, 0.4) is 0 Å². The number of aliphatic hydroxyl groups is 1. The SMILES string of the molecule is BC(B)(B)c1nc(N)c2ncc(-c3cc(S(=O)(=O)NCC(C)(C)O)cc(F)c3C(B)(B)B)n2n1. The highest BCUT2D eigenvalue weighted by Crippen LogP contribution is 2.34. The van der Waals surface area contributed by atoms with Crippen LogP contribution in [0.1, 0.15) is 25.2 Å². The van der Waals surface area contributed by atoms with Gasteiger partial charge < -0.3 is 10.8 Å². The highest BCUT2D eigenvalue weighted by Gasteiger charge is 2.30. The standard InChI is InChI=1S/C17H27B6FN6O3S/c1-15(2,31)6-27-34(32,33)7-3-8(11(9(24)4-7)16(18,19)20)10-5-26-13-12(25)28-14(17(21,22)23)29-30(10)13/h3-5,27,31H,6,18-23H2,1-2H3,(H2,25,28,29). The fourth-order valence-electron chi connectivity index (χ4n) is 3.46. The van der Waals surface area contributed by atoms with Crippen LogP contribution in [0.4, 0.5) is 10.2 Å². The van der Waals surface area contributed by atoms with Crippen LogP contribution in [0.15, 0.2) is 23.2 Å². The molecule has 0 aliphatic heterocycles. The van der Waals surface area contributed by atoms with Crippen molar-refractivity contribution in [2.45, 2.75) is 34.6 Å². The number of hydrogen-bond donors (Lipinski definition) is 3. The monoisotopic (exact) mass is 480 g/mol.